The molecule has 28 heavy (non-hydrogen) atoms. The van der Waals surface area contributed by atoms with E-state index in [4.69, 9.17) is 22.3 Å². The first-order valence-corrected chi connectivity index (χ1v) is 9.52. The first kappa shape index (κ1) is 25.8. The molecule has 0 aliphatic heterocycles. The van der Waals surface area contributed by atoms with Crippen LogP contribution >= 0.6 is 25.3 Å². The Kier molecular flexibility index (Phi) is 12.8. The van der Waals surface area contributed by atoms with Crippen molar-refractivity contribution in [2.24, 2.45) is 22.2 Å². The van der Waals surface area contributed by atoms with E-state index in [2.05, 4.69) is 46.2 Å². The molecule has 3 amide bonds. The van der Waals surface area contributed by atoms with Gasteiger partial charge in [0.15, 0.2) is 5.96 Å². The third kappa shape index (κ3) is 10.2. The van der Waals surface area contributed by atoms with E-state index in [-0.39, 0.29) is 37.0 Å². The van der Waals surface area contributed by atoms with E-state index in [1.807, 2.05) is 0 Å². The van der Waals surface area contributed by atoms with Gasteiger partial charge in [-0.3, -0.25) is 19.4 Å². The number of aliphatic carboxylic acids is 1. The van der Waals surface area contributed by atoms with Gasteiger partial charge in [0, 0.05) is 18.1 Å². The second-order valence-corrected chi connectivity index (χ2v) is 6.33. The van der Waals surface area contributed by atoms with Crippen LogP contribution in [0.15, 0.2) is 4.99 Å². The highest BCUT2D eigenvalue weighted by atomic mass is 32.1. The lowest BCUT2D eigenvalue weighted by Crippen LogP contribution is -2.57. The summed E-state index contributed by atoms with van der Waals surface area (Å²) >= 11 is 7.87. The number of amides is 3. The van der Waals surface area contributed by atoms with Gasteiger partial charge in [-0.25, -0.2) is 4.79 Å². The van der Waals surface area contributed by atoms with Crippen molar-refractivity contribution in [3.63, 3.8) is 0 Å². The number of guanidine groups is 1. The van der Waals surface area contributed by atoms with Crippen LogP contribution in [-0.4, -0.2) is 77.5 Å². The first-order valence-electron chi connectivity index (χ1n) is 8.26. The monoisotopic (exact) mass is 437 g/mol. The molecule has 12 nitrogen and oxygen atoms in total. The Morgan fingerprint density at radius 1 is 0.929 bits per heavy atom. The minimum absolute atomic E-state index is 0.0334. The predicted molar refractivity (Wildman–Crippen MR) is 110 cm³/mol. The Bertz CT molecular complexity index is 586. The number of carboxylic acids is 1. The number of nitrogens with zero attached hydrogens (tertiary/aromatic N) is 1. The van der Waals surface area contributed by atoms with Crippen molar-refractivity contribution in [3.8, 4) is 0 Å². The highest BCUT2D eigenvalue weighted by molar-refractivity contribution is 7.80. The normalized spacial score (nSPS) is 13.5. The molecule has 160 valence electrons. The summed E-state index contributed by atoms with van der Waals surface area (Å²) in [5.41, 5.74) is 15.7. The number of carbonyl (C=O) groups is 4. The van der Waals surface area contributed by atoms with Gasteiger partial charge in [-0.05, 0) is 12.8 Å². The number of hydrogen-bond donors (Lipinski definition) is 9. The third-order valence-electron chi connectivity index (χ3n) is 3.40. The Morgan fingerprint density at radius 2 is 1.46 bits per heavy atom. The van der Waals surface area contributed by atoms with Crippen LogP contribution in [0.2, 0.25) is 0 Å². The maximum atomic E-state index is 12.4. The van der Waals surface area contributed by atoms with Gasteiger partial charge in [0.1, 0.15) is 18.1 Å². The lowest BCUT2D eigenvalue weighted by Gasteiger charge is -2.23. The predicted octanol–water partition coefficient (Wildman–Crippen LogP) is -3.60. The van der Waals surface area contributed by atoms with Crippen LogP contribution < -0.4 is 33.2 Å². The largest absolute Gasteiger partial charge is 0.480 e. The molecule has 0 spiro atoms. The maximum absolute atomic E-state index is 12.4. The van der Waals surface area contributed by atoms with Crippen molar-refractivity contribution >= 4 is 54.9 Å². The average Bonchev–Trinajstić information content (AvgIpc) is 2.65. The minimum Gasteiger partial charge on any atom is -0.480 e. The summed E-state index contributed by atoms with van der Waals surface area (Å²) in [5.74, 6) is -3.51. The molecule has 0 aromatic rings. The lowest BCUT2D eigenvalue weighted by molar-refractivity contribution is -0.141. The van der Waals surface area contributed by atoms with Gasteiger partial charge >= 0.3 is 5.97 Å². The fourth-order valence-corrected chi connectivity index (χ4v) is 2.45. The molecule has 0 fully saturated rings. The van der Waals surface area contributed by atoms with Crippen LogP contribution in [0, 0.1) is 0 Å². The van der Waals surface area contributed by atoms with Crippen molar-refractivity contribution in [3.05, 3.63) is 0 Å². The Labute approximate surface area is 173 Å². The summed E-state index contributed by atoms with van der Waals surface area (Å²) in [4.78, 5) is 51.1. The van der Waals surface area contributed by atoms with Crippen molar-refractivity contribution in [2.45, 2.75) is 31.0 Å². The number of nitrogens with one attached hydrogen (secondary N) is 3. The molecule has 0 aliphatic carbocycles. The topological polar surface area (TPSA) is 215 Å². The zero-order chi connectivity index (χ0) is 21.7. The number of hydrogen-bond acceptors (Lipinski definition) is 8. The molecule has 0 saturated carbocycles. The van der Waals surface area contributed by atoms with E-state index in [1.54, 1.807) is 0 Å². The number of carboxylic acid groups (broad SMARTS) is 1. The Morgan fingerprint density at radius 3 is 1.93 bits per heavy atom. The molecule has 14 heteroatoms. The van der Waals surface area contributed by atoms with Gasteiger partial charge < -0.3 is 38.3 Å². The van der Waals surface area contributed by atoms with E-state index >= 15 is 0 Å². The second-order valence-electron chi connectivity index (χ2n) is 5.60. The van der Waals surface area contributed by atoms with E-state index in [9.17, 15) is 19.2 Å². The average molecular weight is 438 g/mol. The number of nitrogens with two attached hydrogens (primary N) is 3. The standard InChI is InChI=1S/C14H27N7O5S2/c15-4-10(22)19-8(5-27)12(24)20-7(2-1-3-18-14(16)17)11(23)21-9(6-28)13(25)26/h7-9,27-28H,1-6,15H2,(H,19,22)(H,20,24)(H,21,23)(H,25,26)(H4,16,17,18). The fourth-order valence-electron chi connectivity index (χ4n) is 1.95. The Hall–Kier alpha value is -2.19. The summed E-state index contributed by atoms with van der Waals surface area (Å²) in [6, 6.07) is -3.33. The van der Waals surface area contributed by atoms with E-state index in [1.165, 1.54) is 0 Å². The van der Waals surface area contributed by atoms with E-state index in [0.29, 0.717) is 6.42 Å². The molecule has 0 aliphatic rings. The molecule has 0 aromatic carbocycles. The van der Waals surface area contributed by atoms with Gasteiger partial charge in [-0.1, -0.05) is 0 Å². The summed E-state index contributed by atoms with van der Waals surface area (Å²) in [5, 5.41) is 16.2. The molecular formula is C14H27N7O5S2. The zero-order valence-electron chi connectivity index (χ0n) is 15.1. The molecule has 0 saturated heterocycles. The van der Waals surface area contributed by atoms with Gasteiger partial charge in [0.25, 0.3) is 0 Å². The van der Waals surface area contributed by atoms with Crippen molar-refractivity contribution in [1.82, 2.24) is 16.0 Å². The summed E-state index contributed by atoms with van der Waals surface area (Å²) in [6.45, 7) is -0.112. The third-order valence-corrected chi connectivity index (χ3v) is 4.13. The van der Waals surface area contributed by atoms with Crippen LogP contribution in [0.3, 0.4) is 0 Å². The van der Waals surface area contributed by atoms with Crippen molar-refractivity contribution in [1.29, 1.82) is 0 Å². The van der Waals surface area contributed by atoms with Crippen LogP contribution in [0.25, 0.3) is 0 Å². The fraction of sp³-hybridized carbons (Fsp3) is 0.643. The zero-order valence-corrected chi connectivity index (χ0v) is 16.9. The molecule has 0 rings (SSSR count). The summed E-state index contributed by atoms with van der Waals surface area (Å²) in [7, 11) is 0. The molecule has 0 aromatic heterocycles. The van der Waals surface area contributed by atoms with Gasteiger partial charge in [-0.15, -0.1) is 0 Å². The number of carbonyl (C=O) groups excluding carboxylic acids is 3. The highest BCUT2D eigenvalue weighted by Crippen LogP contribution is 2.02. The summed E-state index contributed by atoms with van der Waals surface area (Å²) in [6.07, 6.45) is 0.451. The second kappa shape index (κ2) is 13.9. The van der Waals surface area contributed by atoms with Crippen LogP contribution in [0.1, 0.15) is 12.8 Å². The molecule has 3 unspecified atom stereocenters. The number of thiol groups is 2. The molecule has 0 heterocycles. The lowest BCUT2D eigenvalue weighted by atomic mass is 10.1. The van der Waals surface area contributed by atoms with Gasteiger partial charge in [0.2, 0.25) is 17.7 Å². The van der Waals surface area contributed by atoms with Crippen molar-refractivity contribution < 1.29 is 24.3 Å². The maximum Gasteiger partial charge on any atom is 0.327 e. The van der Waals surface area contributed by atoms with Crippen LogP contribution in [0.5, 0.6) is 0 Å². The highest BCUT2D eigenvalue weighted by Gasteiger charge is 2.28. The number of rotatable bonds is 13. The molecule has 3 atom stereocenters. The van der Waals surface area contributed by atoms with Crippen molar-refractivity contribution in [2.75, 3.05) is 24.6 Å². The quantitative estimate of drug-likeness (QED) is 0.0605. The van der Waals surface area contributed by atoms with Crippen LogP contribution in [-0.2, 0) is 19.2 Å². The van der Waals surface area contributed by atoms with Gasteiger partial charge in [0.05, 0.1) is 6.54 Å². The summed E-state index contributed by atoms with van der Waals surface area (Å²) < 4.78 is 0. The first-order chi connectivity index (χ1) is 13.2. The van der Waals surface area contributed by atoms with E-state index in [0.717, 1.165) is 0 Å². The van der Waals surface area contributed by atoms with E-state index < -0.39 is 41.8 Å². The Balaban J connectivity index is 5.15. The number of aliphatic imine (C=N–C) groups is 1. The van der Waals surface area contributed by atoms with Crippen LogP contribution in [0.4, 0.5) is 0 Å². The smallest absolute Gasteiger partial charge is 0.327 e. The minimum atomic E-state index is -1.27. The molecular weight excluding hydrogens is 410 g/mol. The SMILES string of the molecule is NCC(=O)NC(CS)C(=O)NC(CCCN=C(N)N)C(=O)NC(CS)C(=O)O. The molecule has 10 N–H and O–H groups in total. The molecule has 0 radical (unpaired) electrons. The van der Waals surface area contributed by atoms with Gasteiger partial charge in [-0.2, -0.15) is 25.3 Å². The molecule has 0 bridgehead atoms.